The van der Waals surface area contributed by atoms with Crippen LogP contribution in [0, 0.1) is 0 Å². The van der Waals surface area contributed by atoms with Crippen molar-refractivity contribution in [3.8, 4) is 0 Å². The summed E-state index contributed by atoms with van der Waals surface area (Å²) in [6, 6.07) is 0. The molecule has 2 aromatic heterocycles. The topological polar surface area (TPSA) is 47.3 Å². The van der Waals surface area contributed by atoms with E-state index >= 15 is 0 Å². The number of halogens is 4. The van der Waals surface area contributed by atoms with Gasteiger partial charge in [-0.15, -0.1) is 0 Å². The van der Waals surface area contributed by atoms with Crippen molar-refractivity contribution in [3.05, 3.63) is 25.5 Å². The molecule has 18 heavy (non-hydrogen) atoms. The Morgan fingerprint density at radius 1 is 1.39 bits per heavy atom. The summed E-state index contributed by atoms with van der Waals surface area (Å²) in [5.41, 5.74) is -2.02. The highest BCUT2D eigenvalue weighted by Crippen LogP contribution is 2.42. The number of alkyl halides is 3. The van der Waals surface area contributed by atoms with Crippen molar-refractivity contribution in [2.45, 2.75) is 24.9 Å². The molecule has 0 atom stereocenters. The van der Waals surface area contributed by atoms with Gasteiger partial charge in [-0.1, -0.05) is 11.3 Å². The van der Waals surface area contributed by atoms with E-state index in [0.717, 1.165) is 28.7 Å². The van der Waals surface area contributed by atoms with E-state index in [0.29, 0.717) is 5.01 Å². The second-order valence-electron chi connectivity index (χ2n) is 3.99. The maximum atomic E-state index is 12.7. The molecule has 2 aromatic rings. The van der Waals surface area contributed by atoms with E-state index in [-0.39, 0.29) is 10.9 Å². The summed E-state index contributed by atoms with van der Waals surface area (Å²) in [6.07, 6.45) is -2.74. The monoisotopic (exact) mass is 339 g/mol. The first kappa shape index (κ1) is 12.1. The van der Waals surface area contributed by atoms with Crippen molar-refractivity contribution in [2.75, 3.05) is 0 Å². The number of aromatic nitrogens is 3. The lowest BCUT2D eigenvalue weighted by atomic mass is 10.4. The largest absolute Gasteiger partial charge is 0.434 e. The van der Waals surface area contributed by atoms with Gasteiger partial charge < -0.3 is 0 Å². The highest BCUT2D eigenvalue weighted by Gasteiger charge is 2.38. The molecule has 96 valence electrons. The van der Waals surface area contributed by atoms with Crippen LogP contribution in [0.4, 0.5) is 13.2 Å². The third kappa shape index (κ3) is 1.85. The minimum Gasteiger partial charge on any atom is -0.266 e. The molecule has 0 spiro atoms. The quantitative estimate of drug-likeness (QED) is 0.802. The predicted octanol–water partition coefficient (Wildman–Crippen LogP) is 2.81. The van der Waals surface area contributed by atoms with Crippen LogP contribution in [0.2, 0.25) is 0 Å². The third-order valence-corrected chi connectivity index (χ3v) is 4.35. The van der Waals surface area contributed by atoms with Crippen LogP contribution in [0.1, 0.15) is 29.5 Å². The summed E-state index contributed by atoms with van der Waals surface area (Å²) in [7, 11) is 0. The lowest BCUT2D eigenvalue weighted by Crippen LogP contribution is -2.22. The predicted molar refractivity (Wildman–Crippen MR) is 61.8 cm³/mol. The molecule has 3 rings (SSSR count). The van der Waals surface area contributed by atoms with Gasteiger partial charge in [0.25, 0.3) is 5.56 Å². The molecule has 0 radical (unpaired) electrons. The SMILES string of the molecule is O=c1c(Br)c(C(F)(F)F)nc2sc(C3CC3)nn12. The maximum Gasteiger partial charge on any atom is 0.434 e. The van der Waals surface area contributed by atoms with Gasteiger partial charge in [-0.25, -0.2) is 4.98 Å². The summed E-state index contributed by atoms with van der Waals surface area (Å²) in [5.74, 6) is 0.268. The first-order chi connectivity index (χ1) is 8.38. The molecule has 1 aliphatic rings. The van der Waals surface area contributed by atoms with Crippen LogP contribution in [-0.2, 0) is 6.18 Å². The minimum absolute atomic E-state index is 0.0163. The number of rotatable bonds is 1. The molecule has 0 N–H and O–H groups in total. The van der Waals surface area contributed by atoms with Gasteiger partial charge in [-0.3, -0.25) is 4.79 Å². The first-order valence-electron chi connectivity index (χ1n) is 5.04. The van der Waals surface area contributed by atoms with E-state index in [1.165, 1.54) is 0 Å². The molecular formula is C9H5BrF3N3OS. The fraction of sp³-hybridized carbons (Fsp3) is 0.444. The first-order valence-corrected chi connectivity index (χ1v) is 6.65. The van der Waals surface area contributed by atoms with Crippen molar-refractivity contribution in [1.29, 1.82) is 0 Å². The van der Waals surface area contributed by atoms with Gasteiger partial charge in [0.2, 0.25) is 4.96 Å². The minimum atomic E-state index is -4.66. The Kier molecular flexibility index (Phi) is 2.53. The van der Waals surface area contributed by atoms with Crippen molar-refractivity contribution >= 4 is 32.2 Å². The van der Waals surface area contributed by atoms with E-state index in [4.69, 9.17) is 0 Å². The number of hydrogen-bond acceptors (Lipinski definition) is 4. The summed E-state index contributed by atoms with van der Waals surface area (Å²) >= 11 is 3.69. The molecule has 0 aromatic carbocycles. The Morgan fingerprint density at radius 3 is 2.61 bits per heavy atom. The fourth-order valence-corrected chi connectivity index (χ4v) is 3.06. The lowest BCUT2D eigenvalue weighted by molar-refractivity contribution is -0.141. The van der Waals surface area contributed by atoms with Crippen LogP contribution < -0.4 is 5.56 Å². The summed E-state index contributed by atoms with van der Waals surface area (Å²) in [5, 5.41) is 4.69. The Hall–Kier alpha value is -0.960. The van der Waals surface area contributed by atoms with E-state index in [2.05, 4.69) is 26.0 Å². The Bertz CT molecular complexity index is 689. The zero-order valence-corrected chi connectivity index (χ0v) is 11.1. The van der Waals surface area contributed by atoms with Gasteiger partial charge >= 0.3 is 6.18 Å². The summed E-state index contributed by atoms with van der Waals surface area (Å²) in [6.45, 7) is 0. The highest BCUT2D eigenvalue weighted by molar-refractivity contribution is 9.10. The molecule has 4 nitrogen and oxygen atoms in total. The molecule has 0 amide bonds. The smallest absolute Gasteiger partial charge is 0.266 e. The van der Waals surface area contributed by atoms with Crippen LogP contribution >= 0.6 is 27.3 Å². The van der Waals surface area contributed by atoms with Gasteiger partial charge in [0, 0.05) is 5.92 Å². The average Bonchev–Trinajstić information content (AvgIpc) is 3.02. The fourth-order valence-electron chi connectivity index (χ4n) is 1.52. The maximum absolute atomic E-state index is 12.7. The Balaban J connectivity index is 2.29. The normalized spacial score (nSPS) is 16.4. The van der Waals surface area contributed by atoms with Crippen molar-refractivity contribution in [3.63, 3.8) is 0 Å². The molecule has 2 heterocycles. The van der Waals surface area contributed by atoms with Crippen LogP contribution in [0.15, 0.2) is 9.27 Å². The third-order valence-electron chi connectivity index (χ3n) is 2.57. The highest BCUT2D eigenvalue weighted by atomic mass is 79.9. The zero-order chi connectivity index (χ0) is 13.1. The summed E-state index contributed by atoms with van der Waals surface area (Å²) < 4.78 is 38.4. The van der Waals surface area contributed by atoms with Gasteiger partial charge in [0.15, 0.2) is 5.69 Å². The van der Waals surface area contributed by atoms with Gasteiger partial charge in [0.1, 0.15) is 9.48 Å². The lowest BCUT2D eigenvalue weighted by Gasteiger charge is -2.06. The van der Waals surface area contributed by atoms with Gasteiger partial charge in [-0.2, -0.15) is 22.8 Å². The molecule has 1 aliphatic carbocycles. The van der Waals surface area contributed by atoms with Crippen LogP contribution in [0.3, 0.4) is 0 Å². The van der Waals surface area contributed by atoms with E-state index < -0.39 is 21.9 Å². The van der Waals surface area contributed by atoms with Gasteiger partial charge in [-0.05, 0) is 28.8 Å². The van der Waals surface area contributed by atoms with Crippen molar-refractivity contribution in [1.82, 2.24) is 14.6 Å². The summed E-state index contributed by atoms with van der Waals surface area (Å²) in [4.78, 5) is 15.2. The van der Waals surface area contributed by atoms with E-state index in [9.17, 15) is 18.0 Å². The molecule has 1 saturated carbocycles. The standard InChI is InChI=1S/C9H5BrF3N3OS/c10-4-5(9(11,12)13)14-8-16(7(4)17)15-6(18-8)3-1-2-3/h3H,1-2H2. The molecule has 9 heteroatoms. The number of hydrogen-bond donors (Lipinski definition) is 0. The number of fused-ring (bicyclic) bond motifs is 1. The second-order valence-corrected chi connectivity index (χ2v) is 5.77. The Labute approximate surface area is 111 Å². The van der Waals surface area contributed by atoms with Crippen molar-refractivity contribution < 1.29 is 13.2 Å². The van der Waals surface area contributed by atoms with E-state index in [1.807, 2.05) is 0 Å². The second kappa shape index (κ2) is 3.77. The molecule has 0 unspecified atom stereocenters. The van der Waals surface area contributed by atoms with Crippen LogP contribution in [0.25, 0.3) is 4.96 Å². The molecular weight excluding hydrogens is 335 g/mol. The van der Waals surface area contributed by atoms with Gasteiger partial charge in [0.05, 0.1) is 0 Å². The average molecular weight is 340 g/mol. The molecule has 0 bridgehead atoms. The van der Waals surface area contributed by atoms with Crippen LogP contribution in [0.5, 0.6) is 0 Å². The van der Waals surface area contributed by atoms with Crippen molar-refractivity contribution in [2.24, 2.45) is 0 Å². The zero-order valence-electron chi connectivity index (χ0n) is 8.66. The van der Waals surface area contributed by atoms with E-state index in [1.54, 1.807) is 0 Å². The van der Waals surface area contributed by atoms with Crippen LogP contribution in [-0.4, -0.2) is 14.6 Å². The molecule has 1 fully saturated rings. The molecule has 0 saturated heterocycles. The Morgan fingerprint density at radius 2 is 2.06 bits per heavy atom. The molecule has 0 aliphatic heterocycles. The number of nitrogens with zero attached hydrogens (tertiary/aromatic N) is 3.